The molecule has 1 heterocycles. The number of ether oxygens (including phenoxy) is 1. The number of carbonyl (C=O) groups is 1. The fourth-order valence-corrected chi connectivity index (χ4v) is 0.839. The van der Waals surface area contributed by atoms with Crippen LogP contribution in [0.5, 0.6) is 0 Å². The molecule has 0 amide bonds. The van der Waals surface area contributed by atoms with Gasteiger partial charge in [0.05, 0.1) is 6.61 Å². The largest absolute Gasteiger partial charge is 0.463 e. The van der Waals surface area contributed by atoms with Crippen molar-refractivity contribution in [1.82, 2.24) is 0 Å². The van der Waals surface area contributed by atoms with Crippen LogP contribution in [0.4, 0.5) is 0 Å². The molecule has 50 valence electrons. The fourth-order valence-electron chi connectivity index (χ4n) is 0.839. The van der Waals surface area contributed by atoms with Gasteiger partial charge in [0.15, 0.2) is 0 Å². The van der Waals surface area contributed by atoms with Crippen LogP contribution in [0.25, 0.3) is 0 Å². The summed E-state index contributed by atoms with van der Waals surface area (Å²) in [5.41, 5.74) is 1.12. The smallest absolute Gasteiger partial charge is 0.330 e. The van der Waals surface area contributed by atoms with Gasteiger partial charge < -0.3 is 4.74 Å². The van der Waals surface area contributed by atoms with Crippen molar-refractivity contribution in [2.24, 2.45) is 0 Å². The molecule has 0 aromatic rings. The normalized spacial score (nSPS) is 20.1. The maximum Gasteiger partial charge on any atom is 0.330 e. The van der Waals surface area contributed by atoms with Crippen LogP contribution in [0, 0.1) is 0 Å². The van der Waals surface area contributed by atoms with E-state index in [2.05, 4.69) is 0 Å². The lowest BCUT2D eigenvalue weighted by atomic mass is 10.2. The average molecular weight is 126 g/mol. The van der Waals surface area contributed by atoms with Gasteiger partial charge in [0.25, 0.3) is 0 Å². The Kier molecular flexibility index (Phi) is 1.88. The average Bonchev–Trinajstić information content (AvgIpc) is 1.93. The maximum absolute atomic E-state index is 10.6. The van der Waals surface area contributed by atoms with Crippen molar-refractivity contribution in [3.8, 4) is 0 Å². The molecular weight excluding hydrogens is 116 g/mol. The highest BCUT2D eigenvalue weighted by Gasteiger charge is 2.03. The van der Waals surface area contributed by atoms with Crippen molar-refractivity contribution < 1.29 is 9.53 Å². The molecule has 1 rings (SSSR count). The Bertz CT molecular complexity index is 147. The van der Waals surface area contributed by atoms with Crippen LogP contribution in [0.3, 0.4) is 0 Å². The summed E-state index contributed by atoms with van der Waals surface area (Å²) in [7, 11) is 0. The minimum atomic E-state index is -0.190. The van der Waals surface area contributed by atoms with Crippen LogP contribution in [-0.4, -0.2) is 12.6 Å². The summed E-state index contributed by atoms with van der Waals surface area (Å²) < 4.78 is 4.76. The summed E-state index contributed by atoms with van der Waals surface area (Å²) in [4.78, 5) is 10.6. The van der Waals surface area contributed by atoms with Crippen LogP contribution in [0.2, 0.25) is 0 Å². The van der Waals surface area contributed by atoms with E-state index in [9.17, 15) is 4.79 Å². The highest BCUT2D eigenvalue weighted by molar-refractivity contribution is 5.82. The van der Waals surface area contributed by atoms with E-state index in [4.69, 9.17) is 4.74 Å². The van der Waals surface area contributed by atoms with Crippen LogP contribution in [-0.2, 0) is 9.53 Å². The topological polar surface area (TPSA) is 26.3 Å². The zero-order valence-corrected chi connectivity index (χ0v) is 5.52. The third-order valence-electron chi connectivity index (χ3n) is 1.32. The number of allylic oxidation sites excluding steroid dienone is 1. The minimum Gasteiger partial charge on any atom is -0.463 e. The minimum absolute atomic E-state index is 0.190. The molecule has 1 aliphatic heterocycles. The summed E-state index contributed by atoms with van der Waals surface area (Å²) in [6, 6.07) is 0. The summed E-state index contributed by atoms with van der Waals surface area (Å²) in [6.45, 7) is 2.53. The Hall–Kier alpha value is -0.790. The number of cyclic esters (lactones) is 1. The van der Waals surface area contributed by atoms with Gasteiger partial charge in [-0.1, -0.05) is 5.57 Å². The molecule has 0 saturated carbocycles. The standard InChI is InChI=1S/C7H10O2/c1-6-3-2-4-9-7(8)5-6/h5H,2-4H2,1H3. The Morgan fingerprint density at radius 2 is 2.44 bits per heavy atom. The molecule has 0 unspecified atom stereocenters. The van der Waals surface area contributed by atoms with Crippen molar-refractivity contribution >= 4 is 5.97 Å². The van der Waals surface area contributed by atoms with Crippen LogP contribution in [0.1, 0.15) is 19.8 Å². The second-order valence-corrected chi connectivity index (χ2v) is 2.26. The Morgan fingerprint density at radius 3 is 3.22 bits per heavy atom. The molecule has 0 N–H and O–H groups in total. The molecule has 0 aromatic heterocycles. The first kappa shape index (κ1) is 6.33. The van der Waals surface area contributed by atoms with Gasteiger partial charge in [-0.25, -0.2) is 4.79 Å². The zero-order valence-electron chi connectivity index (χ0n) is 5.52. The Balaban J connectivity index is 2.59. The van der Waals surface area contributed by atoms with Crippen molar-refractivity contribution in [3.05, 3.63) is 11.6 Å². The lowest BCUT2D eigenvalue weighted by Gasteiger charge is -1.93. The van der Waals surface area contributed by atoms with Gasteiger partial charge >= 0.3 is 5.97 Å². The lowest BCUT2D eigenvalue weighted by Crippen LogP contribution is -1.98. The lowest BCUT2D eigenvalue weighted by molar-refractivity contribution is -0.137. The van der Waals surface area contributed by atoms with E-state index in [0.717, 1.165) is 18.4 Å². The van der Waals surface area contributed by atoms with Crippen LogP contribution >= 0.6 is 0 Å². The summed E-state index contributed by atoms with van der Waals surface area (Å²) in [6.07, 6.45) is 3.52. The second kappa shape index (κ2) is 2.67. The Labute approximate surface area is 54.5 Å². The molecule has 0 spiro atoms. The van der Waals surface area contributed by atoms with E-state index in [0.29, 0.717) is 6.61 Å². The second-order valence-electron chi connectivity index (χ2n) is 2.26. The molecule has 2 heteroatoms. The number of hydrogen-bond acceptors (Lipinski definition) is 2. The number of hydrogen-bond donors (Lipinski definition) is 0. The predicted molar refractivity (Wildman–Crippen MR) is 33.9 cm³/mol. The van der Waals surface area contributed by atoms with Gasteiger partial charge in [0, 0.05) is 6.08 Å². The van der Waals surface area contributed by atoms with Gasteiger partial charge in [0.1, 0.15) is 0 Å². The van der Waals surface area contributed by atoms with Gasteiger partial charge in [-0.15, -0.1) is 0 Å². The van der Waals surface area contributed by atoms with Gasteiger partial charge in [-0.05, 0) is 19.8 Å². The maximum atomic E-state index is 10.6. The molecule has 0 bridgehead atoms. The van der Waals surface area contributed by atoms with Gasteiger partial charge in [-0.3, -0.25) is 0 Å². The van der Waals surface area contributed by atoms with Gasteiger partial charge in [-0.2, -0.15) is 0 Å². The third-order valence-corrected chi connectivity index (χ3v) is 1.32. The molecule has 0 fully saturated rings. The van der Waals surface area contributed by atoms with E-state index < -0.39 is 0 Å². The van der Waals surface area contributed by atoms with Crippen molar-refractivity contribution in [2.45, 2.75) is 19.8 Å². The first-order chi connectivity index (χ1) is 4.29. The van der Waals surface area contributed by atoms with E-state index in [1.165, 1.54) is 0 Å². The van der Waals surface area contributed by atoms with Crippen molar-refractivity contribution in [3.63, 3.8) is 0 Å². The highest BCUT2D eigenvalue weighted by atomic mass is 16.5. The highest BCUT2D eigenvalue weighted by Crippen LogP contribution is 2.07. The molecular formula is C7H10O2. The predicted octanol–water partition coefficient (Wildman–Crippen LogP) is 1.27. The molecule has 0 atom stereocenters. The van der Waals surface area contributed by atoms with E-state index in [-0.39, 0.29) is 5.97 Å². The van der Waals surface area contributed by atoms with Gasteiger partial charge in [0.2, 0.25) is 0 Å². The van der Waals surface area contributed by atoms with E-state index >= 15 is 0 Å². The number of carbonyl (C=O) groups excluding carboxylic acids is 1. The summed E-state index contributed by atoms with van der Waals surface area (Å²) >= 11 is 0. The SMILES string of the molecule is CC1=CC(=O)OCCC1. The molecule has 0 aromatic carbocycles. The number of rotatable bonds is 0. The first-order valence-corrected chi connectivity index (χ1v) is 3.13. The van der Waals surface area contributed by atoms with E-state index in [1.54, 1.807) is 6.08 Å². The van der Waals surface area contributed by atoms with Crippen molar-refractivity contribution in [2.75, 3.05) is 6.61 Å². The zero-order chi connectivity index (χ0) is 6.69. The monoisotopic (exact) mass is 126 g/mol. The molecule has 0 radical (unpaired) electrons. The first-order valence-electron chi connectivity index (χ1n) is 3.13. The van der Waals surface area contributed by atoms with Crippen LogP contribution < -0.4 is 0 Å². The molecule has 2 nitrogen and oxygen atoms in total. The van der Waals surface area contributed by atoms with Crippen molar-refractivity contribution in [1.29, 1.82) is 0 Å². The summed E-state index contributed by atoms with van der Waals surface area (Å²) in [5, 5.41) is 0. The van der Waals surface area contributed by atoms with E-state index in [1.807, 2.05) is 6.92 Å². The molecule has 9 heavy (non-hydrogen) atoms. The summed E-state index contributed by atoms with van der Waals surface area (Å²) in [5.74, 6) is -0.190. The molecule has 0 aliphatic carbocycles. The Morgan fingerprint density at radius 1 is 1.67 bits per heavy atom. The van der Waals surface area contributed by atoms with Crippen LogP contribution in [0.15, 0.2) is 11.6 Å². The molecule has 0 saturated heterocycles. The number of esters is 1. The third kappa shape index (κ3) is 1.88. The fraction of sp³-hybridized carbons (Fsp3) is 0.571. The quantitative estimate of drug-likeness (QED) is 0.457. The molecule has 1 aliphatic rings.